The molecule has 28 heavy (non-hydrogen) atoms. The van der Waals surface area contributed by atoms with Gasteiger partial charge in [0.25, 0.3) is 5.91 Å². The molecule has 0 fully saturated rings. The van der Waals surface area contributed by atoms with E-state index >= 15 is 0 Å². The molecule has 2 aromatic carbocycles. The van der Waals surface area contributed by atoms with Gasteiger partial charge >= 0.3 is 0 Å². The van der Waals surface area contributed by atoms with Gasteiger partial charge in [-0.3, -0.25) is 4.79 Å². The Morgan fingerprint density at radius 3 is 2.71 bits per heavy atom. The summed E-state index contributed by atoms with van der Waals surface area (Å²) in [5.74, 6) is 0.811. The Labute approximate surface area is 164 Å². The number of nitrogens with zero attached hydrogens (tertiary/aromatic N) is 4. The molecule has 1 atom stereocenters. The minimum absolute atomic E-state index is 0.0623. The van der Waals surface area contributed by atoms with Crippen LogP contribution in [0.4, 0.5) is 5.69 Å². The van der Waals surface area contributed by atoms with Gasteiger partial charge in [0.05, 0.1) is 36.2 Å². The summed E-state index contributed by atoms with van der Waals surface area (Å²) in [6, 6.07) is 17.8. The van der Waals surface area contributed by atoms with Crippen molar-refractivity contribution in [1.82, 2.24) is 14.7 Å². The number of anilines is 1. The van der Waals surface area contributed by atoms with Gasteiger partial charge in [-0.25, -0.2) is 4.68 Å². The molecule has 1 amide bonds. The first-order chi connectivity index (χ1) is 13.7. The zero-order valence-corrected chi connectivity index (χ0v) is 16.2. The summed E-state index contributed by atoms with van der Waals surface area (Å²) < 4.78 is 7.85. The standard InChI is InChI=1S/C22H24N4O2/c1-3-25-16-19(28-21-12-8-7-11-20(21)25)15-24(2)22(27)17-13-23-26(14-17)18-9-5-4-6-10-18/h4-14,19H,3,15-16H2,1-2H3. The van der Waals surface area contributed by atoms with Gasteiger partial charge in [0.15, 0.2) is 0 Å². The second-order valence-electron chi connectivity index (χ2n) is 6.94. The summed E-state index contributed by atoms with van der Waals surface area (Å²) >= 11 is 0. The number of rotatable bonds is 5. The highest BCUT2D eigenvalue weighted by Crippen LogP contribution is 2.32. The van der Waals surface area contributed by atoms with E-state index in [-0.39, 0.29) is 12.0 Å². The zero-order valence-electron chi connectivity index (χ0n) is 16.2. The molecular weight excluding hydrogens is 352 g/mol. The van der Waals surface area contributed by atoms with Crippen LogP contribution >= 0.6 is 0 Å². The molecule has 0 saturated carbocycles. The van der Waals surface area contributed by atoms with E-state index in [1.54, 1.807) is 22.0 Å². The van der Waals surface area contributed by atoms with E-state index in [1.165, 1.54) is 0 Å². The Morgan fingerprint density at radius 2 is 1.93 bits per heavy atom. The number of likely N-dealkylation sites (N-methyl/N-ethyl adjacent to an activating group) is 2. The molecule has 1 aliphatic heterocycles. The van der Waals surface area contributed by atoms with Crippen LogP contribution in [-0.4, -0.2) is 53.4 Å². The molecular formula is C22H24N4O2. The topological polar surface area (TPSA) is 50.6 Å². The first-order valence-corrected chi connectivity index (χ1v) is 9.52. The Bertz CT molecular complexity index is 954. The molecule has 6 heteroatoms. The summed E-state index contributed by atoms with van der Waals surface area (Å²) in [5.41, 5.74) is 2.60. The third-order valence-corrected chi connectivity index (χ3v) is 4.98. The van der Waals surface area contributed by atoms with Crippen LogP contribution in [-0.2, 0) is 0 Å². The Morgan fingerprint density at radius 1 is 1.18 bits per heavy atom. The van der Waals surface area contributed by atoms with Crippen molar-refractivity contribution in [2.24, 2.45) is 0 Å². The minimum Gasteiger partial charge on any atom is -0.485 e. The molecule has 4 rings (SSSR count). The van der Waals surface area contributed by atoms with Crippen molar-refractivity contribution in [3.8, 4) is 11.4 Å². The normalized spacial score (nSPS) is 15.6. The molecule has 0 bridgehead atoms. The molecule has 0 spiro atoms. The van der Waals surface area contributed by atoms with Crippen molar-refractivity contribution >= 4 is 11.6 Å². The minimum atomic E-state index is -0.0760. The van der Waals surface area contributed by atoms with Gasteiger partial charge in [0.1, 0.15) is 11.9 Å². The first-order valence-electron chi connectivity index (χ1n) is 9.52. The molecule has 1 unspecified atom stereocenters. The van der Waals surface area contributed by atoms with Crippen molar-refractivity contribution in [2.45, 2.75) is 13.0 Å². The monoisotopic (exact) mass is 376 g/mol. The fourth-order valence-electron chi connectivity index (χ4n) is 3.54. The maximum atomic E-state index is 12.9. The maximum Gasteiger partial charge on any atom is 0.256 e. The van der Waals surface area contributed by atoms with Crippen LogP contribution < -0.4 is 9.64 Å². The smallest absolute Gasteiger partial charge is 0.256 e. The lowest BCUT2D eigenvalue weighted by Crippen LogP contribution is -2.46. The SMILES string of the molecule is CCN1CC(CN(C)C(=O)c2cnn(-c3ccccc3)c2)Oc2ccccc21. The maximum absolute atomic E-state index is 12.9. The molecule has 0 radical (unpaired) electrons. The summed E-state index contributed by atoms with van der Waals surface area (Å²) in [5, 5.41) is 4.32. The Balaban J connectivity index is 1.45. The largest absolute Gasteiger partial charge is 0.485 e. The van der Waals surface area contributed by atoms with Crippen molar-refractivity contribution in [1.29, 1.82) is 0 Å². The van der Waals surface area contributed by atoms with Gasteiger partial charge in [-0.1, -0.05) is 30.3 Å². The third kappa shape index (κ3) is 3.58. The molecule has 2 heterocycles. The summed E-state index contributed by atoms with van der Waals surface area (Å²) in [6.07, 6.45) is 3.30. The first kappa shape index (κ1) is 18.1. The van der Waals surface area contributed by atoms with Crippen molar-refractivity contribution in [3.63, 3.8) is 0 Å². The number of carbonyl (C=O) groups is 1. The molecule has 0 N–H and O–H groups in total. The molecule has 6 nitrogen and oxygen atoms in total. The molecule has 3 aromatic rings. The quantitative estimate of drug-likeness (QED) is 0.686. The van der Waals surface area contributed by atoms with Gasteiger partial charge in [-0.15, -0.1) is 0 Å². The fourth-order valence-corrected chi connectivity index (χ4v) is 3.54. The number of hydrogen-bond acceptors (Lipinski definition) is 4. The van der Waals surface area contributed by atoms with E-state index in [4.69, 9.17) is 4.74 Å². The van der Waals surface area contributed by atoms with Crippen LogP contribution in [0.1, 0.15) is 17.3 Å². The predicted octanol–water partition coefficient (Wildman–Crippen LogP) is 3.23. The number of fused-ring (bicyclic) bond motifs is 1. The van der Waals surface area contributed by atoms with E-state index in [0.29, 0.717) is 12.1 Å². The number of aromatic nitrogens is 2. The van der Waals surface area contributed by atoms with Gasteiger partial charge in [0, 0.05) is 19.8 Å². The van der Waals surface area contributed by atoms with Crippen LogP contribution in [0, 0.1) is 0 Å². The number of benzene rings is 2. The van der Waals surface area contributed by atoms with E-state index < -0.39 is 0 Å². The highest BCUT2D eigenvalue weighted by atomic mass is 16.5. The van der Waals surface area contributed by atoms with Gasteiger partial charge < -0.3 is 14.5 Å². The van der Waals surface area contributed by atoms with Crippen LogP contribution in [0.15, 0.2) is 67.0 Å². The molecule has 1 aliphatic rings. The lowest BCUT2D eigenvalue weighted by atomic mass is 10.1. The van der Waals surface area contributed by atoms with E-state index in [1.807, 2.05) is 55.6 Å². The van der Waals surface area contributed by atoms with Gasteiger partial charge in [0.2, 0.25) is 0 Å². The van der Waals surface area contributed by atoms with E-state index in [2.05, 4.69) is 23.0 Å². The molecule has 0 saturated heterocycles. The third-order valence-electron chi connectivity index (χ3n) is 4.98. The molecule has 144 valence electrons. The van der Waals surface area contributed by atoms with Crippen LogP contribution in [0.2, 0.25) is 0 Å². The lowest BCUT2D eigenvalue weighted by molar-refractivity contribution is 0.0709. The van der Waals surface area contributed by atoms with Gasteiger partial charge in [-0.05, 0) is 31.2 Å². The van der Waals surface area contributed by atoms with Crippen LogP contribution in [0.5, 0.6) is 5.75 Å². The average Bonchev–Trinajstić information content (AvgIpc) is 3.23. The van der Waals surface area contributed by atoms with E-state index in [0.717, 1.165) is 30.2 Å². The van der Waals surface area contributed by atoms with Crippen molar-refractivity contribution in [2.75, 3.05) is 31.6 Å². The Kier molecular flexibility index (Phi) is 5.02. The number of para-hydroxylation sites is 3. The second kappa shape index (κ2) is 7.76. The number of ether oxygens (including phenoxy) is 1. The lowest BCUT2D eigenvalue weighted by Gasteiger charge is -2.37. The zero-order chi connectivity index (χ0) is 19.5. The highest BCUT2D eigenvalue weighted by molar-refractivity contribution is 5.93. The van der Waals surface area contributed by atoms with Crippen molar-refractivity contribution in [3.05, 3.63) is 72.6 Å². The summed E-state index contributed by atoms with van der Waals surface area (Å²) in [7, 11) is 1.81. The number of amides is 1. The number of hydrogen-bond donors (Lipinski definition) is 0. The van der Waals surface area contributed by atoms with Crippen LogP contribution in [0.25, 0.3) is 5.69 Å². The molecule has 1 aromatic heterocycles. The molecule has 0 aliphatic carbocycles. The highest BCUT2D eigenvalue weighted by Gasteiger charge is 2.27. The summed E-state index contributed by atoms with van der Waals surface area (Å²) in [6.45, 7) is 4.30. The summed E-state index contributed by atoms with van der Waals surface area (Å²) in [4.78, 5) is 16.9. The average molecular weight is 376 g/mol. The second-order valence-corrected chi connectivity index (χ2v) is 6.94. The van der Waals surface area contributed by atoms with Crippen LogP contribution in [0.3, 0.4) is 0 Å². The Hall–Kier alpha value is -3.28. The van der Waals surface area contributed by atoms with Crippen molar-refractivity contribution < 1.29 is 9.53 Å². The number of carbonyl (C=O) groups excluding carboxylic acids is 1. The fraction of sp³-hybridized carbons (Fsp3) is 0.273. The predicted molar refractivity (Wildman–Crippen MR) is 109 cm³/mol. The van der Waals surface area contributed by atoms with Gasteiger partial charge in [-0.2, -0.15) is 5.10 Å². The van der Waals surface area contributed by atoms with E-state index in [9.17, 15) is 4.79 Å².